The van der Waals surface area contributed by atoms with E-state index < -0.39 is 5.60 Å². The van der Waals surface area contributed by atoms with E-state index in [0.29, 0.717) is 13.2 Å². The van der Waals surface area contributed by atoms with Gasteiger partial charge in [0.1, 0.15) is 11.4 Å². The molecule has 0 radical (unpaired) electrons. The van der Waals surface area contributed by atoms with Crippen LogP contribution >= 0.6 is 0 Å². The highest BCUT2D eigenvalue weighted by molar-refractivity contribution is 5.37. The number of rotatable bonds is 7. The number of methoxy groups -OCH3 is 1. The number of hydrogen-bond donors (Lipinski definition) is 1. The standard InChI is InChI=1S/C24H32N2O3/c1-3-29-17-19-13-18(10-11-22(19)28-2)14-26-15-20-7-6-8-21(16-26)24(20,27)23-9-4-5-12-25-23/h4-5,9-13,20-21,27H,3,6-8,14-17H2,1-2H3/t20-,21-/m1/s1. The molecular weight excluding hydrogens is 364 g/mol. The Balaban J connectivity index is 1.51. The maximum absolute atomic E-state index is 11.7. The molecule has 1 aromatic heterocycles. The Morgan fingerprint density at radius 1 is 1.17 bits per heavy atom. The Hall–Kier alpha value is -1.95. The lowest BCUT2D eigenvalue weighted by Crippen LogP contribution is -2.58. The van der Waals surface area contributed by atoms with Crippen LogP contribution in [0.2, 0.25) is 0 Å². The zero-order valence-electron chi connectivity index (χ0n) is 17.5. The minimum Gasteiger partial charge on any atom is -0.496 e. The van der Waals surface area contributed by atoms with Crippen molar-refractivity contribution in [2.24, 2.45) is 11.8 Å². The molecule has 1 aliphatic heterocycles. The summed E-state index contributed by atoms with van der Waals surface area (Å²) in [6.07, 6.45) is 5.10. The summed E-state index contributed by atoms with van der Waals surface area (Å²) < 4.78 is 11.1. The first-order valence-corrected chi connectivity index (χ1v) is 10.7. The number of piperidine rings is 1. The number of hydrogen-bond acceptors (Lipinski definition) is 5. The van der Waals surface area contributed by atoms with Crippen molar-refractivity contribution in [1.29, 1.82) is 0 Å². The average Bonchev–Trinajstić information content (AvgIpc) is 2.74. The van der Waals surface area contributed by atoms with Crippen LogP contribution in [0.3, 0.4) is 0 Å². The molecule has 2 aromatic rings. The molecule has 1 saturated carbocycles. The quantitative estimate of drug-likeness (QED) is 0.773. The van der Waals surface area contributed by atoms with Gasteiger partial charge in [0.2, 0.25) is 0 Å². The Bertz CT molecular complexity index is 797. The highest BCUT2D eigenvalue weighted by atomic mass is 16.5. The van der Waals surface area contributed by atoms with Crippen LogP contribution in [0.1, 0.15) is 43.0 Å². The van der Waals surface area contributed by atoms with Crippen molar-refractivity contribution >= 4 is 0 Å². The number of aromatic nitrogens is 1. The number of aliphatic hydroxyl groups is 1. The summed E-state index contributed by atoms with van der Waals surface area (Å²) >= 11 is 0. The molecule has 156 valence electrons. The molecule has 2 aliphatic rings. The van der Waals surface area contributed by atoms with Crippen LogP contribution in [-0.2, 0) is 23.5 Å². The third kappa shape index (κ3) is 4.04. The second-order valence-corrected chi connectivity index (χ2v) is 8.34. The number of pyridine rings is 1. The van der Waals surface area contributed by atoms with Crippen LogP contribution in [0, 0.1) is 11.8 Å². The molecule has 1 N–H and O–H groups in total. The Morgan fingerprint density at radius 3 is 2.62 bits per heavy atom. The summed E-state index contributed by atoms with van der Waals surface area (Å²) in [7, 11) is 1.70. The van der Waals surface area contributed by atoms with Gasteiger partial charge >= 0.3 is 0 Å². The number of nitrogens with zero attached hydrogens (tertiary/aromatic N) is 2. The molecule has 5 heteroatoms. The van der Waals surface area contributed by atoms with Crippen LogP contribution < -0.4 is 4.74 Å². The van der Waals surface area contributed by atoms with Crippen molar-refractivity contribution in [3.63, 3.8) is 0 Å². The molecule has 5 nitrogen and oxygen atoms in total. The van der Waals surface area contributed by atoms with E-state index in [9.17, 15) is 5.11 Å². The molecule has 0 amide bonds. The Labute approximate surface area is 173 Å². The van der Waals surface area contributed by atoms with Crippen molar-refractivity contribution in [1.82, 2.24) is 9.88 Å². The molecule has 4 rings (SSSR count). The van der Waals surface area contributed by atoms with Gasteiger partial charge in [0.05, 0.1) is 19.4 Å². The minimum atomic E-state index is -0.796. The molecule has 2 atom stereocenters. The second kappa shape index (κ2) is 8.82. The molecule has 0 spiro atoms. The molecule has 1 saturated heterocycles. The molecule has 1 aliphatic carbocycles. The first-order chi connectivity index (χ1) is 14.1. The number of fused-ring (bicyclic) bond motifs is 2. The van der Waals surface area contributed by atoms with Gasteiger partial charge in [-0.2, -0.15) is 0 Å². The number of likely N-dealkylation sites (tertiary alicyclic amines) is 1. The topological polar surface area (TPSA) is 54.8 Å². The predicted molar refractivity (Wildman–Crippen MR) is 113 cm³/mol. The third-order valence-electron chi connectivity index (χ3n) is 6.60. The van der Waals surface area contributed by atoms with Crippen LogP contribution in [0.25, 0.3) is 0 Å². The van der Waals surface area contributed by atoms with Crippen LogP contribution in [0.5, 0.6) is 5.75 Å². The number of benzene rings is 1. The third-order valence-corrected chi connectivity index (χ3v) is 6.60. The highest BCUT2D eigenvalue weighted by Crippen LogP contribution is 2.48. The Morgan fingerprint density at radius 2 is 1.97 bits per heavy atom. The largest absolute Gasteiger partial charge is 0.496 e. The normalized spacial score (nSPS) is 27.0. The molecular formula is C24H32N2O3. The molecule has 29 heavy (non-hydrogen) atoms. The van der Waals surface area contributed by atoms with Gasteiger partial charge < -0.3 is 14.6 Å². The maximum atomic E-state index is 11.7. The summed E-state index contributed by atoms with van der Waals surface area (Å²) in [6, 6.07) is 12.3. The molecule has 0 unspecified atom stereocenters. The Kier molecular flexibility index (Phi) is 6.18. The van der Waals surface area contributed by atoms with Gasteiger partial charge in [-0.15, -0.1) is 0 Å². The van der Waals surface area contributed by atoms with Gasteiger partial charge in [-0.05, 0) is 49.6 Å². The van der Waals surface area contributed by atoms with E-state index in [1.54, 1.807) is 13.3 Å². The van der Waals surface area contributed by atoms with E-state index in [1.807, 2.05) is 31.2 Å². The minimum absolute atomic E-state index is 0.228. The highest BCUT2D eigenvalue weighted by Gasteiger charge is 2.52. The van der Waals surface area contributed by atoms with Crippen LogP contribution in [-0.4, -0.2) is 41.8 Å². The van der Waals surface area contributed by atoms with E-state index in [2.05, 4.69) is 22.0 Å². The van der Waals surface area contributed by atoms with Gasteiger partial charge in [-0.25, -0.2) is 0 Å². The fourth-order valence-corrected chi connectivity index (χ4v) is 5.20. The lowest BCUT2D eigenvalue weighted by molar-refractivity contribution is -0.151. The monoisotopic (exact) mass is 396 g/mol. The van der Waals surface area contributed by atoms with Gasteiger partial charge in [0, 0.05) is 49.8 Å². The smallest absolute Gasteiger partial charge is 0.124 e. The summed E-state index contributed by atoms with van der Waals surface area (Å²) in [6.45, 7) is 5.94. The van der Waals surface area contributed by atoms with Crippen LogP contribution in [0.15, 0.2) is 42.6 Å². The van der Waals surface area contributed by atoms with E-state index >= 15 is 0 Å². The fraction of sp³-hybridized carbons (Fsp3) is 0.542. The SMILES string of the molecule is CCOCc1cc(CN2C[C@H]3CCC[C@H](C2)C3(O)c2ccccn2)ccc1OC. The zero-order chi connectivity index (χ0) is 20.3. The van der Waals surface area contributed by atoms with Crippen molar-refractivity contribution in [2.75, 3.05) is 26.8 Å². The number of ether oxygens (including phenoxy) is 2. The second-order valence-electron chi connectivity index (χ2n) is 8.34. The summed E-state index contributed by atoms with van der Waals surface area (Å²) in [5.41, 5.74) is 2.41. The predicted octanol–water partition coefficient (Wildman–Crippen LogP) is 3.75. The molecule has 1 aromatic carbocycles. The van der Waals surface area contributed by atoms with E-state index in [4.69, 9.17) is 9.47 Å². The van der Waals surface area contributed by atoms with E-state index in [0.717, 1.165) is 49.5 Å². The van der Waals surface area contributed by atoms with Crippen LogP contribution in [0.4, 0.5) is 0 Å². The van der Waals surface area contributed by atoms with Crippen molar-refractivity contribution < 1.29 is 14.6 Å². The van der Waals surface area contributed by atoms with E-state index in [1.165, 1.54) is 12.0 Å². The first-order valence-electron chi connectivity index (χ1n) is 10.7. The molecule has 2 bridgehead atoms. The summed E-state index contributed by atoms with van der Waals surface area (Å²) in [5.74, 6) is 1.33. The summed E-state index contributed by atoms with van der Waals surface area (Å²) in [5, 5.41) is 11.7. The van der Waals surface area contributed by atoms with Crippen molar-refractivity contribution in [2.45, 2.75) is 44.9 Å². The lowest BCUT2D eigenvalue weighted by Gasteiger charge is -2.52. The van der Waals surface area contributed by atoms with Crippen molar-refractivity contribution in [3.05, 3.63) is 59.4 Å². The zero-order valence-corrected chi connectivity index (χ0v) is 17.5. The maximum Gasteiger partial charge on any atom is 0.124 e. The van der Waals surface area contributed by atoms with Gasteiger partial charge in [-0.1, -0.05) is 18.6 Å². The molecule has 2 fully saturated rings. The summed E-state index contributed by atoms with van der Waals surface area (Å²) in [4.78, 5) is 7.03. The van der Waals surface area contributed by atoms with Crippen molar-refractivity contribution in [3.8, 4) is 5.75 Å². The first kappa shape index (κ1) is 20.3. The van der Waals surface area contributed by atoms with Gasteiger partial charge in [0.15, 0.2) is 0 Å². The van der Waals surface area contributed by atoms with Gasteiger partial charge in [-0.3, -0.25) is 9.88 Å². The lowest BCUT2D eigenvalue weighted by atomic mass is 9.64. The van der Waals surface area contributed by atoms with E-state index in [-0.39, 0.29) is 11.8 Å². The fourth-order valence-electron chi connectivity index (χ4n) is 5.20. The average molecular weight is 397 g/mol. The molecule has 2 heterocycles. The van der Waals surface area contributed by atoms with Gasteiger partial charge in [0.25, 0.3) is 0 Å².